The van der Waals surface area contributed by atoms with E-state index in [4.69, 9.17) is 4.74 Å². The number of nitrogens with one attached hydrogen (secondary N) is 1. The van der Waals surface area contributed by atoms with Gasteiger partial charge in [-0.3, -0.25) is 4.79 Å². The minimum Gasteiger partial charge on any atom is -0.488 e. The van der Waals surface area contributed by atoms with Crippen molar-refractivity contribution < 1.29 is 9.53 Å². The van der Waals surface area contributed by atoms with Crippen LogP contribution in [0, 0.1) is 25.2 Å². The van der Waals surface area contributed by atoms with E-state index in [2.05, 4.69) is 23.5 Å². The number of aryl methyl sites for hydroxylation is 2. The second kappa shape index (κ2) is 9.84. The monoisotopic (exact) mass is 432 g/mol. The third-order valence-corrected chi connectivity index (χ3v) is 5.57. The third-order valence-electron chi connectivity index (χ3n) is 5.57. The Bertz CT molecular complexity index is 1370. The summed E-state index contributed by atoms with van der Waals surface area (Å²) in [6.07, 6.45) is 1.57. The van der Waals surface area contributed by atoms with Gasteiger partial charge < -0.3 is 10.1 Å². The van der Waals surface area contributed by atoms with E-state index in [1.165, 1.54) is 0 Å². The van der Waals surface area contributed by atoms with E-state index in [-0.39, 0.29) is 5.57 Å². The van der Waals surface area contributed by atoms with Crippen LogP contribution in [-0.4, -0.2) is 5.91 Å². The summed E-state index contributed by atoms with van der Waals surface area (Å²) in [5, 5.41) is 14.8. The molecule has 0 unspecified atom stereocenters. The fourth-order valence-corrected chi connectivity index (χ4v) is 3.80. The van der Waals surface area contributed by atoms with Gasteiger partial charge in [-0.25, -0.2) is 0 Å². The number of benzene rings is 4. The molecule has 4 heteroatoms. The summed E-state index contributed by atoms with van der Waals surface area (Å²) in [6, 6.07) is 29.5. The SMILES string of the molecule is Cc1cccc(C)c1NC(=O)/C(C#N)=C/c1ccccc1OCc1cccc2ccccc12. The minimum atomic E-state index is -0.446. The summed E-state index contributed by atoms with van der Waals surface area (Å²) in [7, 11) is 0. The van der Waals surface area contributed by atoms with Gasteiger partial charge in [-0.15, -0.1) is 0 Å². The van der Waals surface area contributed by atoms with Crippen molar-refractivity contribution in [3.63, 3.8) is 0 Å². The summed E-state index contributed by atoms with van der Waals surface area (Å²) >= 11 is 0. The summed E-state index contributed by atoms with van der Waals surface area (Å²) in [5.41, 5.74) is 4.37. The Balaban J connectivity index is 1.58. The highest BCUT2D eigenvalue weighted by Gasteiger charge is 2.14. The van der Waals surface area contributed by atoms with Crippen LogP contribution in [-0.2, 0) is 11.4 Å². The number of amides is 1. The third kappa shape index (κ3) is 4.94. The molecule has 4 nitrogen and oxygen atoms in total. The lowest BCUT2D eigenvalue weighted by atomic mass is 10.1. The summed E-state index contributed by atoms with van der Waals surface area (Å²) in [4.78, 5) is 12.8. The first-order valence-corrected chi connectivity index (χ1v) is 10.7. The number of carbonyl (C=O) groups excluding carboxylic acids is 1. The highest BCUT2D eigenvalue weighted by molar-refractivity contribution is 6.10. The second-order valence-electron chi connectivity index (χ2n) is 7.86. The smallest absolute Gasteiger partial charge is 0.266 e. The molecular formula is C29H24N2O2. The molecule has 0 bridgehead atoms. The van der Waals surface area contributed by atoms with Gasteiger partial charge in [-0.1, -0.05) is 78.9 Å². The number of rotatable bonds is 6. The van der Waals surface area contributed by atoms with Crippen molar-refractivity contribution in [1.82, 2.24) is 0 Å². The van der Waals surface area contributed by atoms with Crippen LogP contribution in [0.3, 0.4) is 0 Å². The average Bonchev–Trinajstić information content (AvgIpc) is 2.84. The zero-order valence-corrected chi connectivity index (χ0v) is 18.6. The molecule has 0 aliphatic rings. The maximum atomic E-state index is 12.8. The van der Waals surface area contributed by atoms with E-state index in [1.807, 2.05) is 86.6 Å². The topological polar surface area (TPSA) is 62.1 Å². The number of ether oxygens (including phenoxy) is 1. The summed E-state index contributed by atoms with van der Waals surface area (Å²) in [5.74, 6) is 0.164. The van der Waals surface area contributed by atoms with Crippen LogP contribution in [0.25, 0.3) is 16.8 Å². The molecule has 0 spiro atoms. The van der Waals surface area contributed by atoms with Crippen molar-refractivity contribution in [2.24, 2.45) is 0 Å². The number of carbonyl (C=O) groups is 1. The fraction of sp³-hybridized carbons (Fsp3) is 0.103. The molecule has 0 aliphatic heterocycles. The number of hydrogen-bond donors (Lipinski definition) is 1. The molecule has 0 fully saturated rings. The Labute approximate surface area is 193 Å². The number of hydrogen-bond acceptors (Lipinski definition) is 3. The van der Waals surface area contributed by atoms with Crippen LogP contribution in [0.5, 0.6) is 5.75 Å². The molecule has 4 aromatic carbocycles. The van der Waals surface area contributed by atoms with Gasteiger partial charge in [-0.2, -0.15) is 5.26 Å². The Morgan fingerprint density at radius 1 is 0.909 bits per heavy atom. The van der Waals surface area contributed by atoms with E-state index < -0.39 is 5.91 Å². The predicted molar refractivity (Wildman–Crippen MR) is 133 cm³/mol. The lowest BCUT2D eigenvalue weighted by Crippen LogP contribution is -2.15. The number of nitrogens with zero attached hydrogens (tertiary/aromatic N) is 1. The molecule has 4 aromatic rings. The number of fused-ring (bicyclic) bond motifs is 1. The zero-order chi connectivity index (χ0) is 23.2. The average molecular weight is 433 g/mol. The van der Waals surface area contributed by atoms with E-state index in [9.17, 15) is 10.1 Å². The molecule has 0 heterocycles. The summed E-state index contributed by atoms with van der Waals surface area (Å²) < 4.78 is 6.13. The number of nitriles is 1. The largest absolute Gasteiger partial charge is 0.488 e. The van der Waals surface area contributed by atoms with Crippen LogP contribution in [0.1, 0.15) is 22.3 Å². The van der Waals surface area contributed by atoms with Crippen molar-refractivity contribution in [2.45, 2.75) is 20.5 Å². The molecule has 162 valence electrons. The lowest BCUT2D eigenvalue weighted by molar-refractivity contribution is -0.112. The first-order valence-electron chi connectivity index (χ1n) is 10.7. The van der Waals surface area contributed by atoms with Gasteiger partial charge in [0.2, 0.25) is 0 Å². The van der Waals surface area contributed by atoms with Gasteiger partial charge >= 0.3 is 0 Å². The van der Waals surface area contributed by atoms with Gasteiger partial charge in [0.15, 0.2) is 0 Å². The number of para-hydroxylation sites is 2. The van der Waals surface area contributed by atoms with Crippen molar-refractivity contribution >= 4 is 28.4 Å². The molecule has 4 rings (SSSR count). The van der Waals surface area contributed by atoms with Crippen molar-refractivity contribution in [2.75, 3.05) is 5.32 Å². The molecule has 0 aromatic heterocycles. The summed E-state index contributed by atoms with van der Waals surface area (Å²) in [6.45, 7) is 4.23. The second-order valence-corrected chi connectivity index (χ2v) is 7.86. The van der Waals surface area contributed by atoms with Gasteiger partial charge in [-0.05, 0) is 53.5 Å². The van der Waals surface area contributed by atoms with E-state index in [1.54, 1.807) is 6.08 Å². The van der Waals surface area contributed by atoms with Gasteiger partial charge in [0, 0.05) is 11.3 Å². The quantitative estimate of drug-likeness (QED) is 0.276. The van der Waals surface area contributed by atoms with Gasteiger partial charge in [0.1, 0.15) is 24.0 Å². The van der Waals surface area contributed by atoms with Crippen molar-refractivity contribution in [3.05, 3.63) is 113 Å². The van der Waals surface area contributed by atoms with Gasteiger partial charge in [0.05, 0.1) is 0 Å². The van der Waals surface area contributed by atoms with E-state index in [0.717, 1.165) is 33.2 Å². The molecule has 0 aliphatic carbocycles. The molecule has 0 saturated carbocycles. The molecule has 33 heavy (non-hydrogen) atoms. The van der Waals surface area contributed by atoms with Crippen LogP contribution < -0.4 is 10.1 Å². The highest BCUT2D eigenvalue weighted by Crippen LogP contribution is 2.26. The van der Waals surface area contributed by atoms with E-state index >= 15 is 0 Å². The fourth-order valence-electron chi connectivity index (χ4n) is 3.80. The molecule has 0 radical (unpaired) electrons. The standard InChI is InChI=1S/C29H24N2O2/c1-20-9-7-10-21(2)28(20)31-29(32)25(18-30)17-23-12-4-6-16-27(23)33-19-24-14-8-13-22-11-3-5-15-26(22)24/h3-17H,19H2,1-2H3,(H,31,32)/b25-17+. The van der Waals surface area contributed by atoms with Gasteiger partial charge in [0.25, 0.3) is 5.91 Å². The minimum absolute atomic E-state index is 0.0128. The molecule has 0 atom stereocenters. The van der Waals surface area contributed by atoms with Crippen LogP contribution in [0.2, 0.25) is 0 Å². The lowest BCUT2D eigenvalue weighted by Gasteiger charge is -2.13. The van der Waals surface area contributed by atoms with E-state index in [0.29, 0.717) is 17.9 Å². The van der Waals surface area contributed by atoms with Crippen LogP contribution >= 0.6 is 0 Å². The Morgan fingerprint density at radius 3 is 2.36 bits per heavy atom. The van der Waals surface area contributed by atoms with Crippen LogP contribution in [0.15, 0.2) is 90.5 Å². The first kappa shape index (κ1) is 21.9. The Hall–Kier alpha value is -4.36. The molecule has 1 N–H and O–H groups in total. The Kier molecular flexibility index (Phi) is 6.52. The maximum absolute atomic E-state index is 12.8. The van der Waals surface area contributed by atoms with Crippen molar-refractivity contribution in [3.8, 4) is 11.8 Å². The molecular weight excluding hydrogens is 408 g/mol. The first-order chi connectivity index (χ1) is 16.1. The van der Waals surface area contributed by atoms with Crippen molar-refractivity contribution in [1.29, 1.82) is 5.26 Å². The molecule has 1 amide bonds. The number of anilines is 1. The highest BCUT2D eigenvalue weighted by atomic mass is 16.5. The van der Waals surface area contributed by atoms with Crippen LogP contribution in [0.4, 0.5) is 5.69 Å². The predicted octanol–water partition coefficient (Wildman–Crippen LogP) is 6.58. The Morgan fingerprint density at radius 2 is 1.58 bits per heavy atom. The maximum Gasteiger partial charge on any atom is 0.266 e. The molecule has 0 saturated heterocycles. The zero-order valence-electron chi connectivity index (χ0n) is 18.6. The normalized spacial score (nSPS) is 11.1.